The molecule has 6 nitrogen and oxygen atoms in total. The zero-order valence-corrected chi connectivity index (χ0v) is 16.6. The topological polar surface area (TPSA) is 75.0 Å². The average Bonchev–Trinajstić information content (AvgIpc) is 3.20. The van der Waals surface area contributed by atoms with Gasteiger partial charge in [-0.1, -0.05) is 30.3 Å². The average molecular weight is 404 g/mol. The maximum atomic E-state index is 12.6. The third-order valence-electron chi connectivity index (χ3n) is 4.95. The van der Waals surface area contributed by atoms with E-state index in [1.807, 2.05) is 36.4 Å². The van der Waals surface area contributed by atoms with Crippen LogP contribution in [0, 0.1) is 0 Å². The number of Topliss-reactive ketones (excluding diaryl/α,β-unsaturated/α-hetero) is 1. The first kappa shape index (κ1) is 19.5. The maximum Gasteiger partial charge on any atom is 0.310 e. The van der Waals surface area contributed by atoms with Crippen LogP contribution in [0.5, 0.6) is 11.5 Å². The molecule has 4 rings (SSSR count). The molecule has 152 valence electrons. The van der Waals surface area contributed by atoms with Gasteiger partial charge in [-0.2, -0.15) is 0 Å². The number of esters is 1. The summed E-state index contributed by atoms with van der Waals surface area (Å²) in [6.07, 6.45) is 1.56. The highest BCUT2D eigenvalue weighted by Crippen LogP contribution is 2.30. The Morgan fingerprint density at radius 3 is 2.60 bits per heavy atom. The molecule has 0 N–H and O–H groups in total. The molecule has 0 saturated heterocycles. The van der Waals surface area contributed by atoms with Crippen molar-refractivity contribution in [1.29, 1.82) is 0 Å². The molecular formula is C24H20O6. The Labute approximate surface area is 172 Å². The Morgan fingerprint density at radius 2 is 1.80 bits per heavy atom. The van der Waals surface area contributed by atoms with Crippen LogP contribution in [0.25, 0.3) is 21.7 Å². The van der Waals surface area contributed by atoms with Crippen LogP contribution in [0.2, 0.25) is 0 Å². The van der Waals surface area contributed by atoms with Crippen molar-refractivity contribution in [1.82, 2.24) is 0 Å². The molecule has 0 aliphatic heterocycles. The van der Waals surface area contributed by atoms with Crippen LogP contribution in [0.15, 0.2) is 65.3 Å². The minimum atomic E-state index is -0.513. The fourth-order valence-corrected chi connectivity index (χ4v) is 3.47. The molecule has 3 aromatic carbocycles. The van der Waals surface area contributed by atoms with Gasteiger partial charge in [0.15, 0.2) is 6.61 Å². The molecule has 1 aromatic heterocycles. The van der Waals surface area contributed by atoms with Gasteiger partial charge in [0.1, 0.15) is 17.1 Å². The first-order valence-corrected chi connectivity index (χ1v) is 9.39. The number of hydrogen-bond donors (Lipinski definition) is 0. The number of ether oxygens (including phenoxy) is 3. The zero-order valence-electron chi connectivity index (χ0n) is 16.6. The number of ketones is 1. The van der Waals surface area contributed by atoms with Gasteiger partial charge in [0.2, 0.25) is 5.78 Å². The van der Waals surface area contributed by atoms with Crippen molar-refractivity contribution in [3.63, 3.8) is 0 Å². The lowest BCUT2D eigenvalue weighted by Gasteiger charge is -2.10. The maximum absolute atomic E-state index is 12.6. The standard InChI is InChI=1S/C24H20O6/c1-27-17-8-10-21(28-2)19(12-17)20(25)14-30-23(26)11-16-13-29-22-9-7-15-5-3-4-6-18(15)24(16)22/h3-10,12-13H,11,14H2,1-2H3. The molecule has 0 aliphatic carbocycles. The number of benzene rings is 3. The Kier molecular flexibility index (Phi) is 5.39. The van der Waals surface area contributed by atoms with Crippen molar-refractivity contribution in [3.05, 3.63) is 72.0 Å². The Balaban J connectivity index is 1.50. The quantitative estimate of drug-likeness (QED) is 0.332. The molecule has 6 heteroatoms. The van der Waals surface area contributed by atoms with Crippen LogP contribution in [0.1, 0.15) is 15.9 Å². The normalized spacial score (nSPS) is 10.9. The van der Waals surface area contributed by atoms with Crippen molar-refractivity contribution in [3.8, 4) is 11.5 Å². The molecule has 0 atom stereocenters. The van der Waals surface area contributed by atoms with Crippen LogP contribution in [-0.4, -0.2) is 32.6 Å². The smallest absolute Gasteiger partial charge is 0.310 e. The van der Waals surface area contributed by atoms with E-state index in [-0.39, 0.29) is 18.8 Å². The minimum Gasteiger partial charge on any atom is -0.497 e. The fourth-order valence-electron chi connectivity index (χ4n) is 3.47. The van der Waals surface area contributed by atoms with Gasteiger partial charge < -0.3 is 18.6 Å². The van der Waals surface area contributed by atoms with E-state index in [2.05, 4.69) is 0 Å². The van der Waals surface area contributed by atoms with E-state index in [1.54, 1.807) is 24.5 Å². The molecule has 0 spiro atoms. The van der Waals surface area contributed by atoms with Gasteiger partial charge in [-0.15, -0.1) is 0 Å². The second-order valence-corrected chi connectivity index (χ2v) is 6.75. The van der Waals surface area contributed by atoms with Gasteiger partial charge in [0.05, 0.1) is 32.5 Å². The highest BCUT2D eigenvalue weighted by Gasteiger charge is 2.18. The highest BCUT2D eigenvalue weighted by molar-refractivity contribution is 6.08. The first-order chi connectivity index (χ1) is 14.6. The van der Waals surface area contributed by atoms with Gasteiger partial charge >= 0.3 is 5.97 Å². The molecular weight excluding hydrogens is 384 g/mol. The first-order valence-electron chi connectivity index (χ1n) is 9.39. The lowest BCUT2D eigenvalue weighted by atomic mass is 10.0. The van der Waals surface area contributed by atoms with E-state index in [4.69, 9.17) is 18.6 Å². The van der Waals surface area contributed by atoms with Crippen molar-refractivity contribution >= 4 is 33.5 Å². The number of carbonyl (C=O) groups excluding carboxylic acids is 2. The summed E-state index contributed by atoms with van der Waals surface area (Å²) < 4.78 is 21.2. The van der Waals surface area contributed by atoms with Gasteiger partial charge in [-0.3, -0.25) is 9.59 Å². The summed E-state index contributed by atoms with van der Waals surface area (Å²) in [5, 5.41) is 2.94. The predicted molar refractivity (Wildman–Crippen MR) is 112 cm³/mol. The number of carbonyl (C=O) groups is 2. The minimum absolute atomic E-state index is 0.00351. The van der Waals surface area contributed by atoms with E-state index in [9.17, 15) is 9.59 Å². The SMILES string of the molecule is COc1ccc(OC)c(C(=O)COC(=O)Cc2coc3ccc4ccccc4c23)c1. The third kappa shape index (κ3) is 3.72. The number of methoxy groups -OCH3 is 2. The monoisotopic (exact) mass is 404 g/mol. The summed E-state index contributed by atoms with van der Waals surface area (Å²) in [6, 6.07) is 16.6. The molecule has 0 fully saturated rings. The van der Waals surface area contributed by atoms with E-state index in [0.717, 1.165) is 21.7 Å². The highest BCUT2D eigenvalue weighted by atomic mass is 16.5. The Morgan fingerprint density at radius 1 is 0.967 bits per heavy atom. The lowest BCUT2D eigenvalue weighted by molar-refractivity contribution is -0.141. The number of furan rings is 1. The second-order valence-electron chi connectivity index (χ2n) is 6.75. The Hall–Kier alpha value is -3.80. The van der Waals surface area contributed by atoms with Gasteiger partial charge in [0, 0.05) is 10.9 Å². The molecule has 4 aromatic rings. The zero-order chi connectivity index (χ0) is 21.1. The van der Waals surface area contributed by atoms with Gasteiger partial charge in [0.25, 0.3) is 0 Å². The molecule has 0 radical (unpaired) electrons. The van der Waals surface area contributed by atoms with Gasteiger partial charge in [-0.25, -0.2) is 0 Å². The predicted octanol–water partition coefficient (Wildman–Crippen LogP) is 4.57. The van der Waals surface area contributed by atoms with E-state index < -0.39 is 5.97 Å². The number of rotatable bonds is 7. The van der Waals surface area contributed by atoms with Crippen molar-refractivity contribution < 1.29 is 28.2 Å². The number of hydrogen-bond acceptors (Lipinski definition) is 6. The van der Waals surface area contributed by atoms with Crippen LogP contribution in [-0.2, 0) is 16.0 Å². The van der Waals surface area contributed by atoms with Crippen LogP contribution in [0.4, 0.5) is 0 Å². The number of fused-ring (bicyclic) bond motifs is 3. The summed E-state index contributed by atoms with van der Waals surface area (Å²) in [5.74, 6) is 0.0221. The summed E-state index contributed by atoms with van der Waals surface area (Å²) >= 11 is 0. The molecule has 30 heavy (non-hydrogen) atoms. The molecule has 0 saturated carbocycles. The largest absolute Gasteiger partial charge is 0.497 e. The fraction of sp³-hybridized carbons (Fsp3) is 0.167. The van der Waals surface area contributed by atoms with Crippen LogP contribution >= 0.6 is 0 Å². The van der Waals surface area contributed by atoms with Crippen LogP contribution in [0.3, 0.4) is 0 Å². The summed E-state index contributed by atoms with van der Waals surface area (Å²) in [6.45, 7) is -0.390. The lowest BCUT2D eigenvalue weighted by Crippen LogP contribution is -2.16. The second kappa shape index (κ2) is 8.29. The van der Waals surface area contributed by atoms with E-state index in [1.165, 1.54) is 14.2 Å². The Bertz CT molecular complexity index is 1240. The summed E-state index contributed by atoms with van der Waals surface area (Å²) in [7, 11) is 2.98. The summed E-state index contributed by atoms with van der Waals surface area (Å²) in [5.41, 5.74) is 1.72. The van der Waals surface area contributed by atoms with E-state index in [0.29, 0.717) is 22.6 Å². The molecule has 0 unspecified atom stereocenters. The molecule has 1 heterocycles. The van der Waals surface area contributed by atoms with Crippen molar-refractivity contribution in [2.24, 2.45) is 0 Å². The van der Waals surface area contributed by atoms with E-state index >= 15 is 0 Å². The third-order valence-corrected chi connectivity index (χ3v) is 4.95. The van der Waals surface area contributed by atoms with Crippen molar-refractivity contribution in [2.45, 2.75) is 6.42 Å². The molecule has 0 amide bonds. The van der Waals surface area contributed by atoms with Crippen molar-refractivity contribution in [2.75, 3.05) is 20.8 Å². The van der Waals surface area contributed by atoms with Crippen LogP contribution < -0.4 is 9.47 Å². The molecule has 0 aliphatic rings. The molecule has 0 bridgehead atoms. The summed E-state index contributed by atoms with van der Waals surface area (Å²) in [4.78, 5) is 25.0. The van der Waals surface area contributed by atoms with Gasteiger partial charge in [-0.05, 0) is 35.0 Å².